The molecule has 2 aromatic rings. The molecule has 0 amide bonds. The lowest BCUT2D eigenvalue weighted by Crippen LogP contribution is -2.03. The number of aromatic nitrogens is 2. The zero-order valence-electron chi connectivity index (χ0n) is 11.3. The summed E-state index contributed by atoms with van der Waals surface area (Å²) in [7, 11) is 1.63. The molecule has 1 aromatic carbocycles. The molecule has 0 spiro atoms. The van der Waals surface area contributed by atoms with Crippen molar-refractivity contribution in [3.8, 4) is 11.5 Å². The molecule has 102 valence electrons. The zero-order valence-corrected chi connectivity index (χ0v) is 11.3. The summed E-state index contributed by atoms with van der Waals surface area (Å²) in [4.78, 5) is 0. The Bertz CT molecular complexity index is 537. The number of ether oxygens (including phenoxy) is 2. The van der Waals surface area contributed by atoms with Crippen LogP contribution in [0.2, 0.25) is 0 Å². The third-order valence-corrected chi connectivity index (χ3v) is 2.89. The van der Waals surface area contributed by atoms with Crippen LogP contribution in [0.4, 0.5) is 0 Å². The first-order valence-corrected chi connectivity index (χ1v) is 6.28. The van der Waals surface area contributed by atoms with E-state index < -0.39 is 0 Å². The average molecular weight is 261 g/mol. The molecule has 0 radical (unpaired) electrons. The number of benzene rings is 1. The molecule has 0 bridgehead atoms. The van der Waals surface area contributed by atoms with Crippen molar-refractivity contribution in [2.24, 2.45) is 5.73 Å². The first-order chi connectivity index (χ1) is 9.26. The number of nitrogens with zero attached hydrogens (tertiary/aromatic N) is 2. The van der Waals surface area contributed by atoms with Crippen molar-refractivity contribution in [2.75, 3.05) is 7.11 Å². The van der Waals surface area contributed by atoms with E-state index in [2.05, 4.69) is 5.10 Å². The second-order valence-corrected chi connectivity index (χ2v) is 4.17. The van der Waals surface area contributed by atoms with Crippen molar-refractivity contribution in [3.05, 3.63) is 41.7 Å². The van der Waals surface area contributed by atoms with E-state index in [1.54, 1.807) is 7.11 Å². The van der Waals surface area contributed by atoms with Crippen LogP contribution in [0.5, 0.6) is 11.5 Å². The van der Waals surface area contributed by atoms with E-state index in [0.717, 1.165) is 29.2 Å². The van der Waals surface area contributed by atoms with Crippen LogP contribution in [0.15, 0.2) is 30.6 Å². The Balaban J connectivity index is 2.06. The first kappa shape index (κ1) is 13.4. The topological polar surface area (TPSA) is 62.3 Å². The van der Waals surface area contributed by atoms with Gasteiger partial charge >= 0.3 is 0 Å². The van der Waals surface area contributed by atoms with E-state index in [4.69, 9.17) is 15.2 Å². The standard InChI is InChI=1S/C14H19N3O2/c1-3-17-9-11(8-16-17)10-19-14-5-4-13(18-2)6-12(14)7-15/h4-6,8-9H,3,7,10,15H2,1-2H3. The van der Waals surface area contributed by atoms with Gasteiger partial charge in [0.15, 0.2) is 0 Å². The number of aryl methyl sites for hydroxylation is 1. The number of nitrogens with two attached hydrogens (primary N) is 1. The van der Waals surface area contributed by atoms with E-state index in [1.807, 2.05) is 42.2 Å². The fraction of sp³-hybridized carbons (Fsp3) is 0.357. The van der Waals surface area contributed by atoms with Crippen LogP contribution < -0.4 is 15.2 Å². The highest BCUT2D eigenvalue weighted by molar-refractivity contribution is 5.40. The van der Waals surface area contributed by atoms with Gasteiger partial charge in [0, 0.05) is 30.4 Å². The fourth-order valence-corrected chi connectivity index (χ4v) is 1.80. The minimum atomic E-state index is 0.417. The lowest BCUT2D eigenvalue weighted by Gasteiger charge is -2.11. The van der Waals surface area contributed by atoms with E-state index >= 15 is 0 Å². The molecule has 0 saturated heterocycles. The molecule has 2 N–H and O–H groups in total. The number of hydrogen-bond acceptors (Lipinski definition) is 4. The van der Waals surface area contributed by atoms with Crippen LogP contribution in [0.25, 0.3) is 0 Å². The van der Waals surface area contributed by atoms with Gasteiger partial charge in [-0.2, -0.15) is 5.10 Å². The number of rotatable bonds is 6. The van der Waals surface area contributed by atoms with Crippen LogP contribution in [-0.4, -0.2) is 16.9 Å². The maximum absolute atomic E-state index is 5.78. The molecule has 0 aliphatic carbocycles. The van der Waals surface area contributed by atoms with Crippen LogP contribution in [0, 0.1) is 0 Å². The molecule has 0 fully saturated rings. The summed E-state index contributed by atoms with van der Waals surface area (Å²) in [5.41, 5.74) is 7.69. The van der Waals surface area contributed by atoms with Crippen LogP contribution in [0.3, 0.4) is 0 Å². The third-order valence-electron chi connectivity index (χ3n) is 2.89. The Kier molecular flexibility index (Phi) is 4.41. The Hall–Kier alpha value is -2.01. The SMILES string of the molecule is CCn1cc(COc2ccc(OC)cc2CN)cn1. The average Bonchev–Trinajstić information content (AvgIpc) is 2.92. The molecule has 0 unspecified atom stereocenters. The number of methoxy groups -OCH3 is 1. The third kappa shape index (κ3) is 3.26. The van der Waals surface area contributed by atoms with Crippen molar-refractivity contribution in [3.63, 3.8) is 0 Å². The minimum absolute atomic E-state index is 0.417. The maximum Gasteiger partial charge on any atom is 0.124 e. The van der Waals surface area contributed by atoms with Crippen LogP contribution in [0.1, 0.15) is 18.1 Å². The molecular weight excluding hydrogens is 242 g/mol. The lowest BCUT2D eigenvalue weighted by atomic mass is 10.2. The Morgan fingerprint density at radius 1 is 1.37 bits per heavy atom. The van der Waals surface area contributed by atoms with Gasteiger partial charge in [0.2, 0.25) is 0 Å². The van der Waals surface area contributed by atoms with Crippen molar-refractivity contribution >= 4 is 0 Å². The van der Waals surface area contributed by atoms with Gasteiger partial charge in [0.1, 0.15) is 18.1 Å². The Morgan fingerprint density at radius 2 is 2.21 bits per heavy atom. The molecule has 19 heavy (non-hydrogen) atoms. The van der Waals surface area contributed by atoms with Gasteiger partial charge in [0.05, 0.1) is 13.3 Å². The molecule has 5 heteroatoms. The normalized spacial score (nSPS) is 10.5. The summed E-state index contributed by atoms with van der Waals surface area (Å²) in [6.45, 7) is 3.81. The molecule has 0 saturated carbocycles. The van der Waals surface area contributed by atoms with E-state index in [-0.39, 0.29) is 0 Å². The summed E-state index contributed by atoms with van der Waals surface area (Å²) in [5.74, 6) is 1.57. The smallest absolute Gasteiger partial charge is 0.124 e. The molecule has 0 atom stereocenters. The zero-order chi connectivity index (χ0) is 13.7. The highest BCUT2D eigenvalue weighted by Gasteiger charge is 2.05. The van der Waals surface area contributed by atoms with Gasteiger partial charge in [-0.15, -0.1) is 0 Å². The summed E-state index contributed by atoms with van der Waals surface area (Å²) >= 11 is 0. The largest absolute Gasteiger partial charge is 0.497 e. The van der Waals surface area contributed by atoms with Crippen molar-refractivity contribution in [1.29, 1.82) is 0 Å². The minimum Gasteiger partial charge on any atom is -0.497 e. The van der Waals surface area contributed by atoms with Gasteiger partial charge in [-0.05, 0) is 25.1 Å². The fourth-order valence-electron chi connectivity index (χ4n) is 1.80. The summed E-state index contributed by atoms with van der Waals surface area (Å²) < 4.78 is 12.8. The maximum atomic E-state index is 5.78. The van der Waals surface area contributed by atoms with Crippen molar-refractivity contribution in [1.82, 2.24) is 9.78 Å². The summed E-state index contributed by atoms with van der Waals surface area (Å²) in [5, 5.41) is 4.21. The highest BCUT2D eigenvalue weighted by atomic mass is 16.5. The molecule has 1 aromatic heterocycles. The molecule has 5 nitrogen and oxygen atoms in total. The number of hydrogen-bond donors (Lipinski definition) is 1. The lowest BCUT2D eigenvalue weighted by molar-refractivity contribution is 0.302. The van der Waals surface area contributed by atoms with Crippen molar-refractivity contribution in [2.45, 2.75) is 26.6 Å². The molecule has 0 aliphatic heterocycles. The van der Waals surface area contributed by atoms with Gasteiger partial charge in [-0.1, -0.05) is 0 Å². The highest BCUT2D eigenvalue weighted by Crippen LogP contribution is 2.24. The van der Waals surface area contributed by atoms with Crippen LogP contribution >= 0.6 is 0 Å². The second kappa shape index (κ2) is 6.24. The van der Waals surface area contributed by atoms with Gasteiger partial charge < -0.3 is 15.2 Å². The Morgan fingerprint density at radius 3 is 2.84 bits per heavy atom. The quantitative estimate of drug-likeness (QED) is 0.863. The second-order valence-electron chi connectivity index (χ2n) is 4.17. The molecule has 2 rings (SSSR count). The first-order valence-electron chi connectivity index (χ1n) is 6.28. The van der Waals surface area contributed by atoms with Crippen molar-refractivity contribution < 1.29 is 9.47 Å². The van der Waals surface area contributed by atoms with Gasteiger partial charge in [-0.3, -0.25) is 4.68 Å². The molecule has 1 heterocycles. The van der Waals surface area contributed by atoms with E-state index in [1.165, 1.54) is 0 Å². The predicted octanol–water partition coefficient (Wildman–Crippen LogP) is 1.95. The summed E-state index contributed by atoms with van der Waals surface area (Å²) in [6, 6.07) is 5.64. The van der Waals surface area contributed by atoms with Crippen LogP contribution in [-0.2, 0) is 19.7 Å². The summed E-state index contributed by atoms with van der Waals surface area (Å²) in [6.07, 6.45) is 3.79. The Labute approximate surface area is 112 Å². The predicted molar refractivity (Wildman–Crippen MR) is 73.1 cm³/mol. The molecule has 0 aliphatic rings. The van der Waals surface area contributed by atoms with Gasteiger partial charge in [-0.25, -0.2) is 0 Å². The molecular formula is C14H19N3O2. The monoisotopic (exact) mass is 261 g/mol. The van der Waals surface area contributed by atoms with Gasteiger partial charge in [0.25, 0.3) is 0 Å². The van der Waals surface area contributed by atoms with E-state index in [9.17, 15) is 0 Å². The van der Waals surface area contributed by atoms with E-state index in [0.29, 0.717) is 13.2 Å².